The maximum atomic E-state index is 13.3. The Morgan fingerprint density at radius 2 is 1.31 bits per heavy atom. The molecule has 0 aliphatic carbocycles. The van der Waals surface area contributed by atoms with Crippen molar-refractivity contribution >= 4 is 35.6 Å². The molecule has 16 nitrogen and oxygen atoms in total. The number of phenolic OH excluding ortho intramolecular Hbond substituents is 1. The number of hydrogen-bond donors (Lipinski definition) is 10. The van der Waals surface area contributed by atoms with Crippen LogP contribution in [-0.4, -0.2) is 83.1 Å². The van der Waals surface area contributed by atoms with Crippen molar-refractivity contribution in [3.05, 3.63) is 29.8 Å². The molecule has 0 aromatic heterocycles. The van der Waals surface area contributed by atoms with Crippen molar-refractivity contribution in [2.75, 3.05) is 13.1 Å². The number of hydrogen-bond acceptors (Lipinski definition) is 8. The van der Waals surface area contributed by atoms with Crippen LogP contribution in [0.15, 0.2) is 34.3 Å². The molecule has 15 N–H and O–H groups in total. The van der Waals surface area contributed by atoms with Gasteiger partial charge < -0.3 is 54.8 Å². The predicted molar refractivity (Wildman–Crippen MR) is 158 cm³/mol. The Labute approximate surface area is 244 Å². The van der Waals surface area contributed by atoms with Gasteiger partial charge in [0.1, 0.15) is 23.9 Å². The van der Waals surface area contributed by atoms with Gasteiger partial charge in [0.25, 0.3) is 0 Å². The fourth-order valence-corrected chi connectivity index (χ4v) is 3.82. The van der Waals surface area contributed by atoms with E-state index in [4.69, 9.17) is 28.7 Å². The smallest absolute Gasteiger partial charge is 0.326 e. The van der Waals surface area contributed by atoms with Gasteiger partial charge in [-0.15, -0.1) is 0 Å². The van der Waals surface area contributed by atoms with Crippen molar-refractivity contribution in [3.8, 4) is 5.75 Å². The number of aliphatic carboxylic acids is 1. The second-order valence-corrected chi connectivity index (χ2v) is 10.1. The van der Waals surface area contributed by atoms with Crippen LogP contribution in [0.3, 0.4) is 0 Å². The quantitative estimate of drug-likeness (QED) is 0.0485. The van der Waals surface area contributed by atoms with E-state index in [1.807, 2.05) is 0 Å². The molecule has 4 unspecified atom stereocenters. The molecule has 42 heavy (non-hydrogen) atoms. The predicted octanol–water partition coefficient (Wildman–Crippen LogP) is -2.44. The number of carboxylic acid groups (broad SMARTS) is 1. The first-order chi connectivity index (χ1) is 19.7. The topological polar surface area (TPSA) is 300 Å². The van der Waals surface area contributed by atoms with E-state index in [1.165, 1.54) is 12.1 Å². The highest BCUT2D eigenvalue weighted by atomic mass is 16.4. The number of nitrogens with one attached hydrogen (secondary N) is 3. The van der Waals surface area contributed by atoms with E-state index in [0.29, 0.717) is 12.0 Å². The van der Waals surface area contributed by atoms with Crippen LogP contribution < -0.4 is 44.6 Å². The maximum Gasteiger partial charge on any atom is 0.326 e. The highest BCUT2D eigenvalue weighted by molar-refractivity contribution is 5.94. The Morgan fingerprint density at radius 3 is 1.81 bits per heavy atom. The van der Waals surface area contributed by atoms with Gasteiger partial charge in [-0.2, -0.15) is 0 Å². The summed E-state index contributed by atoms with van der Waals surface area (Å²) in [6.45, 7) is 3.88. The molecular formula is C26H44N10O6. The molecule has 0 aliphatic rings. The normalized spacial score (nSPS) is 13.6. The number of aromatic hydroxyl groups is 1. The van der Waals surface area contributed by atoms with E-state index in [1.54, 1.807) is 26.0 Å². The molecule has 16 heteroatoms. The van der Waals surface area contributed by atoms with Crippen LogP contribution >= 0.6 is 0 Å². The summed E-state index contributed by atoms with van der Waals surface area (Å²) in [4.78, 5) is 58.8. The summed E-state index contributed by atoms with van der Waals surface area (Å²) in [6, 6.07) is 1.49. The molecule has 0 bridgehead atoms. The summed E-state index contributed by atoms with van der Waals surface area (Å²) in [7, 11) is 0. The van der Waals surface area contributed by atoms with E-state index in [9.17, 15) is 29.4 Å². The van der Waals surface area contributed by atoms with Crippen molar-refractivity contribution in [3.63, 3.8) is 0 Å². The number of carboxylic acids is 1. The van der Waals surface area contributed by atoms with Crippen LogP contribution in [0.5, 0.6) is 5.75 Å². The highest BCUT2D eigenvalue weighted by Gasteiger charge is 2.31. The Balaban J connectivity index is 3.04. The van der Waals surface area contributed by atoms with E-state index in [0.717, 1.165) is 0 Å². The van der Waals surface area contributed by atoms with Crippen molar-refractivity contribution < 1.29 is 29.4 Å². The first-order valence-electron chi connectivity index (χ1n) is 13.5. The zero-order valence-corrected chi connectivity index (χ0v) is 24.0. The highest BCUT2D eigenvalue weighted by Crippen LogP contribution is 2.13. The molecule has 3 amide bonds. The van der Waals surface area contributed by atoms with Crippen molar-refractivity contribution in [1.29, 1.82) is 0 Å². The lowest BCUT2D eigenvalue weighted by molar-refractivity contribution is -0.142. The molecule has 4 atom stereocenters. The first-order valence-corrected chi connectivity index (χ1v) is 13.5. The number of nitrogens with two attached hydrogens (primary N) is 5. The minimum absolute atomic E-state index is 0.00715. The third-order valence-electron chi connectivity index (χ3n) is 6.12. The van der Waals surface area contributed by atoms with Crippen LogP contribution in [0, 0.1) is 5.92 Å². The molecule has 0 aliphatic heterocycles. The molecule has 0 spiro atoms. The van der Waals surface area contributed by atoms with E-state index < -0.39 is 47.9 Å². The van der Waals surface area contributed by atoms with Crippen LogP contribution in [-0.2, 0) is 25.6 Å². The largest absolute Gasteiger partial charge is 0.508 e. The maximum absolute atomic E-state index is 13.3. The monoisotopic (exact) mass is 592 g/mol. The molecule has 0 saturated carbocycles. The van der Waals surface area contributed by atoms with Gasteiger partial charge in [0, 0.05) is 19.5 Å². The molecule has 0 saturated heterocycles. The average Bonchev–Trinajstić information content (AvgIpc) is 2.91. The summed E-state index contributed by atoms with van der Waals surface area (Å²) < 4.78 is 0. The molecule has 0 fully saturated rings. The summed E-state index contributed by atoms with van der Waals surface area (Å²) in [5.41, 5.74) is 27.7. The second kappa shape index (κ2) is 18.0. The van der Waals surface area contributed by atoms with Crippen molar-refractivity contribution in [2.45, 2.75) is 70.1 Å². The lowest BCUT2D eigenvalue weighted by Crippen LogP contribution is -2.58. The number of nitrogens with zero attached hydrogens (tertiary/aromatic N) is 2. The Morgan fingerprint density at radius 1 is 0.786 bits per heavy atom. The van der Waals surface area contributed by atoms with Gasteiger partial charge in [-0.05, 0) is 49.3 Å². The molecular weight excluding hydrogens is 548 g/mol. The van der Waals surface area contributed by atoms with Crippen molar-refractivity contribution in [1.82, 2.24) is 16.0 Å². The molecule has 1 rings (SSSR count). The van der Waals surface area contributed by atoms with Gasteiger partial charge in [-0.3, -0.25) is 24.4 Å². The number of rotatable bonds is 18. The summed E-state index contributed by atoms with van der Waals surface area (Å²) in [6.07, 6.45) is 0.986. The number of carbonyl (C=O) groups is 4. The molecule has 234 valence electrons. The van der Waals surface area contributed by atoms with E-state index >= 15 is 0 Å². The fourth-order valence-electron chi connectivity index (χ4n) is 3.82. The van der Waals surface area contributed by atoms with Gasteiger partial charge in [0.05, 0.1) is 6.04 Å². The summed E-state index contributed by atoms with van der Waals surface area (Å²) >= 11 is 0. The number of amides is 3. The SMILES string of the molecule is CC(C)C(NC(=O)C(N)CCCN=C(N)N)C(=O)NC(Cc1ccc(O)cc1)C(=O)NC(CCCN=C(N)N)C(=O)O. The molecule has 1 aromatic carbocycles. The summed E-state index contributed by atoms with van der Waals surface area (Å²) in [5.74, 6) is -3.85. The second-order valence-electron chi connectivity index (χ2n) is 10.1. The van der Waals surface area contributed by atoms with Crippen LogP contribution in [0.25, 0.3) is 0 Å². The zero-order chi connectivity index (χ0) is 31.8. The van der Waals surface area contributed by atoms with Gasteiger partial charge >= 0.3 is 5.97 Å². The van der Waals surface area contributed by atoms with Gasteiger partial charge in [-0.1, -0.05) is 26.0 Å². The third kappa shape index (κ3) is 13.6. The lowest BCUT2D eigenvalue weighted by Gasteiger charge is -2.27. The van der Waals surface area contributed by atoms with E-state index in [-0.39, 0.29) is 62.4 Å². The minimum atomic E-state index is -1.27. The Kier molecular flexibility index (Phi) is 15.1. The zero-order valence-electron chi connectivity index (χ0n) is 24.0. The third-order valence-corrected chi connectivity index (χ3v) is 6.12. The average molecular weight is 593 g/mol. The molecule has 0 heterocycles. The first kappa shape index (κ1) is 35.4. The van der Waals surface area contributed by atoms with Crippen LogP contribution in [0.4, 0.5) is 0 Å². The van der Waals surface area contributed by atoms with Crippen LogP contribution in [0.1, 0.15) is 45.1 Å². The number of aliphatic imine (C=N–C) groups is 2. The molecule has 1 aromatic rings. The standard InChI is InChI=1S/C26H44N10O6/c1-14(2)20(36-21(38)17(27)5-3-11-32-25(28)29)23(40)35-19(13-15-7-9-16(37)10-8-15)22(39)34-18(24(41)42)6-4-12-33-26(30)31/h7-10,14,17-20,37H,3-6,11-13,27H2,1-2H3,(H,34,39)(H,35,40)(H,36,38)(H,41,42)(H4,28,29,32)(H4,30,31,33). The lowest BCUT2D eigenvalue weighted by atomic mass is 10.00. The van der Waals surface area contributed by atoms with Gasteiger partial charge in [0.15, 0.2) is 11.9 Å². The Hall–Kier alpha value is -4.60. The minimum Gasteiger partial charge on any atom is -0.508 e. The van der Waals surface area contributed by atoms with Crippen LogP contribution in [0.2, 0.25) is 0 Å². The van der Waals surface area contributed by atoms with Gasteiger partial charge in [-0.25, -0.2) is 4.79 Å². The number of carbonyl (C=O) groups excluding carboxylic acids is 3. The summed E-state index contributed by atoms with van der Waals surface area (Å²) in [5, 5.41) is 27.0. The number of benzene rings is 1. The molecule has 0 radical (unpaired) electrons. The van der Waals surface area contributed by atoms with Crippen molar-refractivity contribution in [2.24, 2.45) is 44.6 Å². The number of guanidine groups is 2. The Bertz CT molecular complexity index is 1100. The fraction of sp³-hybridized carbons (Fsp3) is 0.538. The van der Waals surface area contributed by atoms with E-state index in [2.05, 4.69) is 25.9 Å². The number of phenols is 1. The van der Waals surface area contributed by atoms with Gasteiger partial charge in [0.2, 0.25) is 17.7 Å².